The first-order valence-corrected chi connectivity index (χ1v) is 7.72. The zero-order valence-corrected chi connectivity index (χ0v) is 13.0. The van der Waals surface area contributed by atoms with Crippen LogP contribution in [-0.4, -0.2) is 55.5 Å². The summed E-state index contributed by atoms with van der Waals surface area (Å²) in [5.41, 5.74) is -0.421. The minimum Gasteiger partial charge on any atom is -0.444 e. The SMILES string of the molecule is CC(C)(C)OC(=O)NC1CC[C@H](CN2CCOCC2)C1. The number of carbonyl (C=O) groups excluding carboxylic acids is 1. The van der Waals surface area contributed by atoms with Gasteiger partial charge >= 0.3 is 6.09 Å². The fourth-order valence-corrected chi connectivity index (χ4v) is 2.99. The van der Waals surface area contributed by atoms with Gasteiger partial charge in [-0.15, -0.1) is 0 Å². The Labute approximate surface area is 122 Å². The van der Waals surface area contributed by atoms with Gasteiger partial charge < -0.3 is 14.8 Å². The van der Waals surface area contributed by atoms with Crippen LogP contribution in [0, 0.1) is 5.92 Å². The Kier molecular flexibility index (Phi) is 5.27. The molecule has 1 saturated heterocycles. The van der Waals surface area contributed by atoms with Crippen LogP contribution in [0.4, 0.5) is 4.79 Å². The van der Waals surface area contributed by atoms with Crippen LogP contribution in [0.1, 0.15) is 40.0 Å². The van der Waals surface area contributed by atoms with Crippen LogP contribution in [-0.2, 0) is 9.47 Å². The molecule has 2 atom stereocenters. The molecular weight excluding hydrogens is 256 g/mol. The predicted molar refractivity (Wildman–Crippen MR) is 77.8 cm³/mol. The van der Waals surface area contributed by atoms with Crippen LogP contribution in [0.3, 0.4) is 0 Å². The third-order valence-electron chi connectivity index (χ3n) is 3.88. The number of hydrogen-bond donors (Lipinski definition) is 1. The fourth-order valence-electron chi connectivity index (χ4n) is 2.99. The molecule has 1 aliphatic carbocycles. The van der Waals surface area contributed by atoms with Crippen molar-refractivity contribution in [3.8, 4) is 0 Å². The van der Waals surface area contributed by atoms with E-state index in [-0.39, 0.29) is 12.1 Å². The van der Waals surface area contributed by atoms with Gasteiger partial charge in [0.1, 0.15) is 5.60 Å². The highest BCUT2D eigenvalue weighted by atomic mass is 16.6. The fraction of sp³-hybridized carbons (Fsp3) is 0.933. The molecule has 0 aromatic rings. The quantitative estimate of drug-likeness (QED) is 0.861. The summed E-state index contributed by atoms with van der Waals surface area (Å²) in [6, 6.07) is 0.274. The van der Waals surface area contributed by atoms with E-state index >= 15 is 0 Å². The highest BCUT2D eigenvalue weighted by Crippen LogP contribution is 2.27. The predicted octanol–water partition coefficient (Wildman–Crippen LogP) is 2.01. The number of nitrogens with zero attached hydrogens (tertiary/aromatic N) is 1. The summed E-state index contributed by atoms with van der Waals surface area (Å²) >= 11 is 0. The molecule has 0 radical (unpaired) electrons. The van der Waals surface area contributed by atoms with Crippen LogP contribution in [0.5, 0.6) is 0 Å². The largest absolute Gasteiger partial charge is 0.444 e. The van der Waals surface area contributed by atoms with E-state index in [1.807, 2.05) is 20.8 Å². The van der Waals surface area contributed by atoms with Crippen LogP contribution in [0.15, 0.2) is 0 Å². The first-order chi connectivity index (χ1) is 9.42. The lowest BCUT2D eigenvalue weighted by molar-refractivity contribution is 0.0308. The van der Waals surface area contributed by atoms with E-state index in [1.54, 1.807) is 0 Å². The molecule has 1 aliphatic heterocycles. The van der Waals surface area contributed by atoms with Crippen molar-refractivity contribution < 1.29 is 14.3 Å². The summed E-state index contributed by atoms with van der Waals surface area (Å²) < 4.78 is 10.7. The zero-order chi connectivity index (χ0) is 14.6. The number of rotatable bonds is 3. The van der Waals surface area contributed by atoms with Gasteiger partial charge in [0.2, 0.25) is 0 Å². The van der Waals surface area contributed by atoms with Gasteiger partial charge in [0.15, 0.2) is 0 Å². The highest BCUT2D eigenvalue weighted by molar-refractivity contribution is 5.68. The Morgan fingerprint density at radius 2 is 2.00 bits per heavy atom. The molecule has 5 heteroatoms. The van der Waals surface area contributed by atoms with Gasteiger partial charge in [-0.05, 0) is 46.0 Å². The van der Waals surface area contributed by atoms with E-state index in [4.69, 9.17) is 9.47 Å². The number of hydrogen-bond acceptors (Lipinski definition) is 4. The molecule has 20 heavy (non-hydrogen) atoms. The van der Waals surface area contributed by atoms with Crippen molar-refractivity contribution in [1.82, 2.24) is 10.2 Å². The molecule has 2 fully saturated rings. The van der Waals surface area contributed by atoms with E-state index in [0.29, 0.717) is 5.92 Å². The number of carbonyl (C=O) groups is 1. The molecule has 116 valence electrons. The Hall–Kier alpha value is -0.810. The summed E-state index contributed by atoms with van der Waals surface area (Å²) in [6.07, 6.45) is 3.04. The number of morpholine rings is 1. The van der Waals surface area contributed by atoms with E-state index in [2.05, 4.69) is 10.2 Å². The second kappa shape index (κ2) is 6.76. The third-order valence-corrected chi connectivity index (χ3v) is 3.88. The molecule has 1 saturated carbocycles. The average Bonchev–Trinajstić information content (AvgIpc) is 2.75. The summed E-state index contributed by atoms with van der Waals surface area (Å²) in [5.74, 6) is 0.688. The Morgan fingerprint density at radius 3 is 2.65 bits per heavy atom. The van der Waals surface area contributed by atoms with E-state index in [9.17, 15) is 4.79 Å². The molecule has 1 amide bonds. The Balaban J connectivity index is 1.68. The molecule has 0 aromatic carbocycles. The molecule has 2 rings (SSSR count). The number of nitrogens with one attached hydrogen (secondary N) is 1. The van der Waals surface area contributed by atoms with Gasteiger partial charge in [-0.2, -0.15) is 0 Å². The molecule has 5 nitrogen and oxygen atoms in total. The molecule has 1 unspecified atom stereocenters. The van der Waals surface area contributed by atoms with E-state index < -0.39 is 5.60 Å². The van der Waals surface area contributed by atoms with Gasteiger partial charge in [-0.1, -0.05) is 0 Å². The topological polar surface area (TPSA) is 50.8 Å². The Morgan fingerprint density at radius 1 is 1.30 bits per heavy atom. The zero-order valence-electron chi connectivity index (χ0n) is 13.0. The van der Waals surface area contributed by atoms with Crippen molar-refractivity contribution in [3.63, 3.8) is 0 Å². The summed E-state index contributed by atoms with van der Waals surface area (Å²) in [6.45, 7) is 10.6. The molecular formula is C15H28N2O3. The number of ether oxygens (including phenoxy) is 2. The van der Waals surface area contributed by atoms with Crippen molar-refractivity contribution in [2.24, 2.45) is 5.92 Å². The smallest absolute Gasteiger partial charge is 0.407 e. The normalized spacial score (nSPS) is 28.4. The van der Waals surface area contributed by atoms with Gasteiger partial charge in [0, 0.05) is 25.7 Å². The summed E-state index contributed by atoms with van der Waals surface area (Å²) in [7, 11) is 0. The lowest BCUT2D eigenvalue weighted by Gasteiger charge is -2.29. The van der Waals surface area contributed by atoms with E-state index in [1.165, 1.54) is 6.42 Å². The van der Waals surface area contributed by atoms with Crippen LogP contribution >= 0.6 is 0 Å². The lowest BCUT2D eigenvalue weighted by atomic mass is 10.1. The summed E-state index contributed by atoms with van der Waals surface area (Å²) in [5, 5.41) is 3.00. The standard InChI is InChI=1S/C15H28N2O3/c1-15(2,3)20-14(18)16-13-5-4-12(10-13)11-17-6-8-19-9-7-17/h12-13H,4-11H2,1-3H3,(H,16,18)/t12-,13?/m0/s1. The van der Waals surface area contributed by atoms with Crippen LogP contribution < -0.4 is 5.32 Å². The van der Waals surface area contributed by atoms with E-state index in [0.717, 1.165) is 45.7 Å². The maximum Gasteiger partial charge on any atom is 0.407 e. The lowest BCUT2D eigenvalue weighted by Crippen LogP contribution is -2.40. The maximum absolute atomic E-state index is 11.8. The van der Waals surface area contributed by atoms with Crippen molar-refractivity contribution in [1.29, 1.82) is 0 Å². The van der Waals surface area contributed by atoms with Crippen molar-refractivity contribution in [3.05, 3.63) is 0 Å². The van der Waals surface area contributed by atoms with Crippen molar-refractivity contribution in [2.75, 3.05) is 32.8 Å². The van der Waals surface area contributed by atoms with Crippen molar-refractivity contribution in [2.45, 2.75) is 51.7 Å². The second-order valence-corrected chi connectivity index (χ2v) is 6.94. The molecule has 0 spiro atoms. The average molecular weight is 284 g/mol. The third kappa shape index (κ3) is 5.29. The van der Waals surface area contributed by atoms with Gasteiger partial charge in [0.25, 0.3) is 0 Å². The van der Waals surface area contributed by atoms with Gasteiger partial charge in [-0.25, -0.2) is 4.79 Å². The summed E-state index contributed by atoms with van der Waals surface area (Å²) in [4.78, 5) is 14.2. The van der Waals surface area contributed by atoms with Crippen molar-refractivity contribution >= 4 is 6.09 Å². The van der Waals surface area contributed by atoms with Crippen LogP contribution in [0.2, 0.25) is 0 Å². The van der Waals surface area contributed by atoms with Crippen LogP contribution in [0.25, 0.3) is 0 Å². The first kappa shape index (κ1) is 15.6. The number of amides is 1. The molecule has 0 aromatic heterocycles. The highest BCUT2D eigenvalue weighted by Gasteiger charge is 2.29. The van der Waals surface area contributed by atoms with Gasteiger partial charge in [-0.3, -0.25) is 4.90 Å². The molecule has 2 aliphatic rings. The Bertz CT molecular complexity index is 322. The maximum atomic E-state index is 11.8. The number of alkyl carbamates (subject to hydrolysis) is 1. The molecule has 1 N–H and O–H groups in total. The second-order valence-electron chi connectivity index (χ2n) is 6.94. The molecule has 0 bridgehead atoms. The minimum atomic E-state index is -0.421. The van der Waals surface area contributed by atoms with Gasteiger partial charge in [0.05, 0.1) is 13.2 Å². The molecule has 1 heterocycles. The monoisotopic (exact) mass is 284 g/mol. The first-order valence-electron chi connectivity index (χ1n) is 7.72. The minimum absolute atomic E-state index is 0.274.